The van der Waals surface area contributed by atoms with E-state index in [1.807, 2.05) is 12.1 Å². The molecule has 0 atom stereocenters. The third kappa shape index (κ3) is 8.65. The molecule has 2 N–H and O–H groups in total. The number of rotatable bonds is 13. The number of benzene rings is 1. The smallest absolute Gasteiger partial charge is 0.352 e. The van der Waals surface area contributed by atoms with E-state index in [4.69, 9.17) is 0 Å². The van der Waals surface area contributed by atoms with Gasteiger partial charge in [0.2, 0.25) is 0 Å². The lowest BCUT2D eigenvalue weighted by Gasteiger charge is -2.07. The van der Waals surface area contributed by atoms with Gasteiger partial charge in [0.05, 0.1) is 0 Å². The van der Waals surface area contributed by atoms with Crippen LogP contribution in [0.2, 0.25) is 0 Å². The van der Waals surface area contributed by atoms with Crippen LogP contribution in [0.15, 0.2) is 52.9 Å². The van der Waals surface area contributed by atoms with E-state index < -0.39 is 5.97 Å². The summed E-state index contributed by atoms with van der Waals surface area (Å²) >= 11 is 1.73. The normalized spacial score (nSPS) is 11.4. The molecule has 156 valence electrons. The minimum atomic E-state index is -1.10. The predicted octanol–water partition coefficient (Wildman–Crippen LogP) is 5.98. The number of aryl methyl sites for hydroxylation is 2. The van der Waals surface area contributed by atoms with E-state index in [1.54, 1.807) is 29.5 Å². The second-order valence-electron chi connectivity index (χ2n) is 7.26. The Bertz CT molecular complexity index is 779. The highest BCUT2D eigenvalue weighted by Crippen LogP contribution is 2.13. The van der Waals surface area contributed by atoms with Gasteiger partial charge in [-0.1, -0.05) is 44.4 Å². The highest BCUT2D eigenvalue weighted by Gasteiger charge is 2.13. The number of hydrogen-bond acceptors (Lipinski definition) is 3. The Morgan fingerprint density at radius 2 is 1.69 bits per heavy atom. The number of thiophene rings is 1. The number of carbonyl (C=O) groups is 2. The zero-order valence-electron chi connectivity index (χ0n) is 17.2. The maximum absolute atomic E-state index is 12.4. The van der Waals surface area contributed by atoms with E-state index in [1.165, 1.54) is 11.1 Å². The number of aliphatic carboxylic acids is 1. The monoisotopic (exact) mass is 413 g/mol. The third-order valence-electron chi connectivity index (χ3n) is 4.86. The van der Waals surface area contributed by atoms with Gasteiger partial charge in [-0.25, -0.2) is 4.79 Å². The Labute approximate surface area is 177 Å². The van der Waals surface area contributed by atoms with Gasteiger partial charge < -0.3 is 10.4 Å². The molecule has 29 heavy (non-hydrogen) atoms. The SMILES string of the molecule is CCCCc1ccc(C(=O)N/C(=C/CCCCCCc2ccsc2)C(=O)O)cc1. The topological polar surface area (TPSA) is 66.4 Å². The molecule has 1 aromatic carbocycles. The van der Waals surface area contributed by atoms with Crippen molar-refractivity contribution in [3.8, 4) is 0 Å². The summed E-state index contributed by atoms with van der Waals surface area (Å²) in [7, 11) is 0. The molecule has 0 fully saturated rings. The van der Waals surface area contributed by atoms with Crippen LogP contribution in [0.4, 0.5) is 0 Å². The van der Waals surface area contributed by atoms with Gasteiger partial charge in [-0.05, 0) is 78.6 Å². The minimum absolute atomic E-state index is 0.0386. The summed E-state index contributed by atoms with van der Waals surface area (Å²) in [6.45, 7) is 2.15. The van der Waals surface area contributed by atoms with Crippen LogP contribution in [0.1, 0.15) is 73.4 Å². The Hall–Kier alpha value is -2.40. The van der Waals surface area contributed by atoms with Crippen molar-refractivity contribution in [1.29, 1.82) is 0 Å². The predicted molar refractivity (Wildman–Crippen MR) is 119 cm³/mol. The molecular formula is C24H31NO3S. The number of hydrogen-bond donors (Lipinski definition) is 2. The van der Waals surface area contributed by atoms with Gasteiger partial charge in [-0.3, -0.25) is 4.79 Å². The third-order valence-corrected chi connectivity index (χ3v) is 5.59. The van der Waals surface area contributed by atoms with Crippen molar-refractivity contribution in [2.75, 3.05) is 0 Å². The van der Waals surface area contributed by atoms with E-state index in [0.29, 0.717) is 12.0 Å². The van der Waals surface area contributed by atoms with Crippen molar-refractivity contribution >= 4 is 23.2 Å². The van der Waals surface area contributed by atoms with Gasteiger partial charge in [0.1, 0.15) is 5.70 Å². The highest BCUT2D eigenvalue weighted by molar-refractivity contribution is 7.07. The molecule has 5 heteroatoms. The fourth-order valence-corrected chi connectivity index (χ4v) is 3.80. The molecule has 1 heterocycles. The van der Waals surface area contributed by atoms with Crippen LogP contribution in [0, 0.1) is 0 Å². The van der Waals surface area contributed by atoms with Crippen LogP contribution in [-0.2, 0) is 17.6 Å². The number of carboxylic acids is 1. The van der Waals surface area contributed by atoms with Gasteiger partial charge in [0.25, 0.3) is 5.91 Å². The van der Waals surface area contributed by atoms with Crippen molar-refractivity contribution in [1.82, 2.24) is 5.32 Å². The van der Waals surface area contributed by atoms with E-state index in [0.717, 1.165) is 51.4 Å². The lowest BCUT2D eigenvalue weighted by molar-refractivity contribution is -0.133. The molecule has 0 radical (unpaired) electrons. The Balaban J connectivity index is 1.74. The van der Waals surface area contributed by atoms with Gasteiger partial charge >= 0.3 is 5.97 Å². The first-order valence-electron chi connectivity index (χ1n) is 10.4. The van der Waals surface area contributed by atoms with Crippen LogP contribution in [0.5, 0.6) is 0 Å². The second kappa shape index (κ2) is 12.9. The molecule has 0 bridgehead atoms. The second-order valence-corrected chi connectivity index (χ2v) is 8.04. The highest BCUT2D eigenvalue weighted by atomic mass is 32.1. The van der Waals surface area contributed by atoms with E-state index in [2.05, 4.69) is 29.1 Å². The zero-order chi connectivity index (χ0) is 20.9. The summed E-state index contributed by atoms with van der Waals surface area (Å²) in [5.41, 5.74) is 3.02. The van der Waals surface area contributed by atoms with Crippen molar-refractivity contribution in [3.63, 3.8) is 0 Å². The van der Waals surface area contributed by atoms with Crippen molar-refractivity contribution in [2.24, 2.45) is 0 Å². The van der Waals surface area contributed by atoms with Crippen LogP contribution in [0.3, 0.4) is 0 Å². The van der Waals surface area contributed by atoms with Gasteiger partial charge in [-0.15, -0.1) is 0 Å². The summed E-state index contributed by atoms with van der Waals surface area (Å²) in [6.07, 6.45) is 10.9. The minimum Gasteiger partial charge on any atom is -0.477 e. The van der Waals surface area contributed by atoms with E-state index in [9.17, 15) is 14.7 Å². The van der Waals surface area contributed by atoms with Crippen LogP contribution in [0.25, 0.3) is 0 Å². The molecule has 1 aromatic heterocycles. The summed E-state index contributed by atoms with van der Waals surface area (Å²) in [5.74, 6) is -1.48. The van der Waals surface area contributed by atoms with E-state index >= 15 is 0 Å². The zero-order valence-corrected chi connectivity index (χ0v) is 18.0. The molecule has 0 aliphatic heterocycles. The Kier molecular flexibility index (Phi) is 10.2. The summed E-state index contributed by atoms with van der Waals surface area (Å²) in [6, 6.07) is 9.55. The van der Waals surface area contributed by atoms with Gasteiger partial charge in [0, 0.05) is 5.56 Å². The lowest BCUT2D eigenvalue weighted by atomic mass is 10.1. The number of carboxylic acid groups (broad SMARTS) is 1. The number of nitrogens with one attached hydrogen (secondary N) is 1. The first-order chi connectivity index (χ1) is 14.1. The molecule has 0 unspecified atom stereocenters. The maximum atomic E-state index is 12.4. The molecule has 0 saturated carbocycles. The molecule has 0 aliphatic carbocycles. The Morgan fingerprint density at radius 3 is 2.34 bits per heavy atom. The Morgan fingerprint density at radius 1 is 0.966 bits per heavy atom. The molecule has 0 saturated heterocycles. The fourth-order valence-electron chi connectivity index (χ4n) is 3.10. The number of allylic oxidation sites excluding steroid dienone is 1. The molecule has 1 amide bonds. The maximum Gasteiger partial charge on any atom is 0.352 e. The standard InChI is InChI=1S/C24H31NO3S/c1-2-3-9-19-12-14-21(15-13-19)23(26)25-22(24(27)28)11-8-6-4-5-7-10-20-16-17-29-18-20/h11-18H,2-10H2,1H3,(H,25,26)(H,27,28)/b22-11+. The molecule has 0 spiro atoms. The largest absolute Gasteiger partial charge is 0.477 e. The lowest BCUT2D eigenvalue weighted by Crippen LogP contribution is -2.27. The summed E-state index contributed by atoms with van der Waals surface area (Å²) in [5, 5.41) is 16.2. The van der Waals surface area contributed by atoms with Gasteiger partial charge in [0.15, 0.2) is 0 Å². The average Bonchev–Trinajstić information content (AvgIpc) is 3.24. The van der Waals surface area contributed by atoms with E-state index in [-0.39, 0.29) is 11.6 Å². The average molecular weight is 414 g/mol. The van der Waals surface area contributed by atoms with Crippen LogP contribution < -0.4 is 5.32 Å². The van der Waals surface area contributed by atoms with Crippen molar-refractivity contribution in [3.05, 3.63) is 69.6 Å². The first-order valence-corrected chi connectivity index (χ1v) is 11.4. The first kappa shape index (κ1) is 22.9. The van der Waals surface area contributed by atoms with Gasteiger partial charge in [-0.2, -0.15) is 11.3 Å². The quantitative estimate of drug-likeness (QED) is 0.313. The van der Waals surface area contributed by atoms with Crippen LogP contribution >= 0.6 is 11.3 Å². The molecule has 2 aromatic rings. The fraction of sp³-hybridized carbons (Fsp3) is 0.417. The summed E-state index contributed by atoms with van der Waals surface area (Å²) < 4.78 is 0. The van der Waals surface area contributed by atoms with Crippen molar-refractivity contribution < 1.29 is 14.7 Å². The van der Waals surface area contributed by atoms with Crippen molar-refractivity contribution in [2.45, 2.75) is 64.7 Å². The molecule has 0 aliphatic rings. The summed E-state index contributed by atoms with van der Waals surface area (Å²) in [4.78, 5) is 23.8. The molecule has 2 rings (SSSR count). The number of carbonyl (C=O) groups excluding carboxylic acids is 1. The number of unbranched alkanes of at least 4 members (excludes halogenated alkanes) is 5. The molecular weight excluding hydrogens is 382 g/mol. The number of amides is 1. The van der Waals surface area contributed by atoms with Crippen LogP contribution in [-0.4, -0.2) is 17.0 Å². The molecule has 4 nitrogen and oxygen atoms in total.